The van der Waals surface area contributed by atoms with Crippen molar-refractivity contribution in [3.8, 4) is 0 Å². The third-order valence-corrected chi connectivity index (χ3v) is 3.11. The Morgan fingerprint density at radius 3 is 2.70 bits per heavy atom. The number of carbonyl (C=O) groups excluding carboxylic acids is 2. The Bertz CT molecular complexity index is 526. The van der Waals surface area contributed by atoms with E-state index in [1.165, 1.54) is 4.90 Å². The van der Waals surface area contributed by atoms with Gasteiger partial charge in [-0.2, -0.15) is 0 Å². The first kappa shape index (κ1) is 19.7. The first-order chi connectivity index (χ1) is 10.6. The zero-order chi connectivity index (χ0) is 15.9. The van der Waals surface area contributed by atoms with E-state index in [1.807, 2.05) is 12.1 Å². The maximum absolute atomic E-state index is 11.7. The van der Waals surface area contributed by atoms with E-state index in [0.717, 1.165) is 11.4 Å². The van der Waals surface area contributed by atoms with Crippen molar-refractivity contribution in [3.63, 3.8) is 0 Å². The molecular formula is C14H18N3NaO5. The van der Waals surface area contributed by atoms with Crippen LogP contribution < -0.4 is 50.6 Å². The van der Waals surface area contributed by atoms with Gasteiger partial charge in [-0.3, -0.25) is 4.90 Å². The van der Waals surface area contributed by atoms with Crippen molar-refractivity contribution in [1.82, 2.24) is 0 Å². The molecule has 0 spiro atoms. The quantitative estimate of drug-likeness (QED) is 0.370. The van der Waals surface area contributed by atoms with E-state index in [0.29, 0.717) is 19.6 Å². The number of nitrogens with zero attached hydrogens (tertiary/aromatic N) is 1. The number of carboxylic acids is 1. The largest absolute Gasteiger partial charge is 1.00 e. The first-order valence-corrected chi connectivity index (χ1v) is 6.90. The number of ether oxygens (including phenoxy) is 2. The van der Waals surface area contributed by atoms with Crippen LogP contribution in [0.3, 0.4) is 0 Å². The fraction of sp³-hybridized carbons (Fsp3) is 0.429. The summed E-state index contributed by atoms with van der Waals surface area (Å²) < 4.78 is 9.95. The van der Waals surface area contributed by atoms with Crippen LogP contribution in [0.2, 0.25) is 0 Å². The average Bonchev–Trinajstić information content (AvgIpc) is 2.88. The van der Waals surface area contributed by atoms with Crippen molar-refractivity contribution >= 4 is 23.4 Å². The smallest absolute Gasteiger partial charge is 0.548 e. The Morgan fingerprint density at radius 2 is 2.13 bits per heavy atom. The van der Waals surface area contributed by atoms with E-state index in [2.05, 4.69) is 5.32 Å². The van der Waals surface area contributed by atoms with E-state index in [9.17, 15) is 14.7 Å². The van der Waals surface area contributed by atoms with Gasteiger partial charge in [0.2, 0.25) is 0 Å². The Kier molecular flexibility index (Phi) is 8.35. The van der Waals surface area contributed by atoms with Gasteiger partial charge in [0.15, 0.2) is 0 Å². The molecule has 0 radical (unpaired) electrons. The molecule has 0 unspecified atom stereocenters. The maximum atomic E-state index is 11.7. The molecule has 3 N–H and O–H groups in total. The molecule has 0 aromatic heterocycles. The summed E-state index contributed by atoms with van der Waals surface area (Å²) in [6.07, 6.45) is -0.669. The first-order valence-electron chi connectivity index (χ1n) is 6.90. The van der Waals surface area contributed by atoms with E-state index in [1.54, 1.807) is 12.1 Å². The van der Waals surface area contributed by atoms with Gasteiger partial charge in [0.05, 0.1) is 25.7 Å². The number of rotatable bonds is 8. The van der Waals surface area contributed by atoms with Crippen molar-refractivity contribution in [2.45, 2.75) is 6.10 Å². The fourth-order valence-electron chi connectivity index (χ4n) is 2.04. The molecule has 0 aliphatic carbocycles. The molecule has 1 aliphatic rings. The molecule has 120 valence electrons. The predicted octanol–water partition coefficient (Wildman–Crippen LogP) is -3.85. The van der Waals surface area contributed by atoms with E-state index in [4.69, 9.17) is 15.2 Å². The van der Waals surface area contributed by atoms with E-state index in [-0.39, 0.29) is 42.3 Å². The van der Waals surface area contributed by atoms with Crippen LogP contribution in [0.25, 0.3) is 0 Å². The number of nitrogens with one attached hydrogen (secondary N) is 1. The third-order valence-electron chi connectivity index (χ3n) is 3.11. The van der Waals surface area contributed by atoms with Crippen LogP contribution in [0.15, 0.2) is 24.3 Å². The second-order valence-corrected chi connectivity index (χ2v) is 4.75. The second kappa shape index (κ2) is 9.74. The van der Waals surface area contributed by atoms with Gasteiger partial charge in [-0.1, -0.05) is 0 Å². The SMILES string of the molecule is NC[C@H]1CN(c2ccc(NCCOCC(=O)[O-])cc2)C(=O)O1.[Na+]. The van der Waals surface area contributed by atoms with Gasteiger partial charge >= 0.3 is 35.7 Å². The Labute approximate surface area is 156 Å². The monoisotopic (exact) mass is 331 g/mol. The van der Waals surface area contributed by atoms with Gasteiger partial charge in [0, 0.05) is 24.5 Å². The predicted molar refractivity (Wildman–Crippen MR) is 77.4 cm³/mol. The molecule has 1 heterocycles. The summed E-state index contributed by atoms with van der Waals surface area (Å²) in [4.78, 5) is 23.4. The van der Waals surface area contributed by atoms with Crippen molar-refractivity contribution in [1.29, 1.82) is 0 Å². The molecule has 1 amide bonds. The molecule has 1 saturated heterocycles. The van der Waals surface area contributed by atoms with Gasteiger partial charge in [-0.25, -0.2) is 4.79 Å². The molecule has 0 saturated carbocycles. The van der Waals surface area contributed by atoms with Crippen LogP contribution in [-0.2, 0) is 14.3 Å². The van der Waals surface area contributed by atoms with Crippen molar-refractivity contribution in [2.75, 3.05) is 43.1 Å². The average molecular weight is 331 g/mol. The zero-order valence-electron chi connectivity index (χ0n) is 13.0. The van der Waals surface area contributed by atoms with Crippen LogP contribution in [0.4, 0.5) is 16.2 Å². The summed E-state index contributed by atoms with van der Waals surface area (Å²) in [5, 5.41) is 13.2. The number of nitrogens with two attached hydrogens (primary N) is 1. The van der Waals surface area contributed by atoms with E-state index < -0.39 is 18.7 Å². The van der Waals surface area contributed by atoms with Crippen LogP contribution in [-0.4, -0.2) is 51.0 Å². The summed E-state index contributed by atoms with van der Waals surface area (Å²) >= 11 is 0. The topological polar surface area (TPSA) is 117 Å². The number of hydrogen-bond donors (Lipinski definition) is 2. The van der Waals surface area contributed by atoms with Gasteiger partial charge in [-0.15, -0.1) is 0 Å². The van der Waals surface area contributed by atoms with Gasteiger partial charge in [-0.05, 0) is 24.3 Å². The van der Waals surface area contributed by atoms with Gasteiger partial charge in [0.25, 0.3) is 0 Å². The Morgan fingerprint density at radius 1 is 1.43 bits per heavy atom. The molecule has 0 bridgehead atoms. The molecule has 1 atom stereocenters. The second-order valence-electron chi connectivity index (χ2n) is 4.75. The van der Waals surface area contributed by atoms with Crippen LogP contribution in [0, 0.1) is 0 Å². The standard InChI is InChI=1S/C14H19N3O5.Na/c15-7-12-8-17(14(20)22-12)11-3-1-10(2-4-11)16-5-6-21-9-13(18)19;/h1-4,12,16H,5-9,15H2,(H,18,19);/q;+1/p-1/t12-;/m0./s1. The molecule has 1 fully saturated rings. The molecule has 8 nitrogen and oxygen atoms in total. The van der Waals surface area contributed by atoms with Crippen LogP contribution in [0.1, 0.15) is 0 Å². The zero-order valence-corrected chi connectivity index (χ0v) is 15.0. The van der Waals surface area contributed by atoms with Crippen molar-refractivity contribution < 1.29 is 53.7 Å². The molecule has 9 heteroatoms. The van der Waals surface area contributed by atoms with E-state index >= 15 is 0 Å². The number of cyclic esters (lactones) is 1. The molecule has 1 aromatic rings. The minimum atomic E-state index is -1.24. The maximum Gasteiger partial charge on any atom is 1.00 e. The number of carbonyl (C=O) groups is 2. The molecule has 2 rings (SSSR count). The summed E-state index contributed by atoms with van der Waals surface area (Å²) in [5.74, 6) is -1.24. The number of carboxylic acid groups (broad SMARTS) is 1. The molecule has 1 aromatic carbocycles. The minimum absolute atomic E-state index is 0. The van der Waals surface area contributed by atoms with Gasteiger partial charge in [0.1, 0.15) is 6.10 Å². The number of aliphatic carboxylic acids is 1. The van der Waals surface area contributed by atoms with Crippen molar-refractivity contribution in [3.05, 3.63) is 24.3 Å². The van der Waals surface area contributed by atoms with Crippen LogP contribution in [0.5, 0.6) is 0 Å². The molecule has 1 aliphatic heterocycles. The fourth-order valence-corrected chi connectivity index (χ4v) is 2.04. The summed E-state index contributed by atoms with van der Waals surface area (Å²) in [6, 6.07) is 7.23. The van der Waals surface area contributed by atoms with Crippen LogP contribution >= 0.6 is 0 Å². The number of anilines is 2. The third kappa shape index (κ3) is 6.00. The molecular weight excluding hydrogens is 313 g/mol. The minimum Gasteiger partial charge on any atom is -0.548 e. The normalized spacial score (nSPS) is 16.7. The molecule has 23 heavy (non-hydrogen) atoms. The summed E-state index contributed by atoms with van der Waals surface area (Å²) in [5.41, 5.74) is 7.06. The van der Waals surface area contributed by atoms with Crippen molar-refractivity contribution in [2.24, 2.45) is 5.73 Å². The summed E-state index contributed by atoms with van der Waals surface area (Å²) in [6.45, 7) is 1.05. The van der Waals surface area contributed by atoms with Gasteiger partial charge < -0.3 is 30.4 Å². The number of hydrogen-bond acceptors (Lipinski definition) is 7. The Balaban J connectivity index is 0.00000264. The Hall–Kier alpha value is -1.32. The number of benzene rings is 1. The summed E-state index contributed by atoms with van der Waals surface area (Å²) in [7, 11) is 0. The number of amides is 1.